The quantitative estimate of drug-likeness (QED) is 0.584. The summed E-state index contributed by atoms with van der Waals surface area (Å²) >= 11 is 0. The zero-order valence-corrected chi connectivity index (χ0v) is 15.3. The zero-order valence-electron chi connectivity index (χ0n) is 15.3. The molecule has 0 heterocycles. The zero-order chi connectivity index (χ0) is 19.8. The van der Waals surface area contributed by atoms with E-state index in [1.165, 1.54) is 6.20 Å². The Hall–Kier alpha value is -3.59. The molecular formula is C21H22N4O2. The van der Waals surface area contributed by atoms with Gasteiger partial charge in [0.15, 0.2) is 0 Å². The monoisotopic (exact) mass is 362 g/mol. The van der Waals surface area contributed by atoms with Crippen LogP contribution in [-0.2, 0) is 11.3 Å². The highest BCUT2D eigenvalue weighted by atomic mass is 16.2. The molecule has 6 heteroatoms. The average Bonchev–Trinajstić information content (AvgIpc) is 2.67. The average molecular weight is 362 g/mol. The van der Waals surface area contributed by atoms with Crippen molar-refractivity contribution < 1.29 is 9.59 Å². The Morgan fingerprint density at radius 2 is 1.78 bits per heavy atom. The maximum atomic E-state index is 12.8. The summed E-state index contributed by atoms with van der Waals surface area (Å²) in [6.45, 7) is 4.24. The lowest BCUT2D eigenvalue weighted by Gasteiger charge is -2.26. The van der Waals surface area contributed by atoms with Crippen molar-refractivity contribution in [3.05, 3.63) is 77.5 Å². The van der Waals surface area contributed by atoms with Gasteiger partial charge in [-0.3, -0.25) is 9.59 Å². The molecular weight excluding hydrogens is 340 g/mol. The number of nitriles is 1. The number of anilines is 1. The predicted molar refractivity (Wildman–Crippen MR) is 104 cm³/mol. The second-order valence-corrected chi connectivity index (χ2v) is 6.27. The van der Waals surface area contributed by atoms with E-state index in [-0.39, 0.29) is 17.5 Å². The topological polar surface area (TPSA) is 99.2 Å². The van der Waals surface area contributed by atoms with E-state index in [1.807, 2.05) is 50.2 Å². The van der Waals surface area contributed by atoms with E-state index >= 15 is 0 Å². The minimum atomic E-state index is -0.515. The largest absolute Gasteiger partial charge is 0.366 e. The van der Waals surface area contributed by atoms with Crippen LogP contribution in [0.15, 0.2) is 66.4 Å². The Labute approximate surface area is 158 Å². The van der Waals surface area contributed by atoms with E-state index in [4.69, 9.17) is 5.73 Å². The molecule has 0 aliphatic carbocycles. The van der Waals surface area contributed by atoms with Crippen LogP contribution in [0.25, 0.3) is 0 Å². The first-order chi connectivity index (χ1) is 12.9. The summed E-state index contributed by atoms with van der Waals surface area (Å²) < 4.78 is 0. The van der Waals surface area contributed by atoms with Crippen molar-refractivity contribution in [1.29, 1.82) is 5.26 Å². The van der Waals surface area contributed by atoms with Gasteiger partial charge >= 0.3 is 0 Å². The van der Waals surface area contributed by atoms with Crippen molar-refractivity contribution >= 4 is 17.5 Å². The molecule has 0 spiro atoms. The minimum Gasteiger partial charge on any atom is -0.366 e. The number of carbonyl (C=O) groups is 2. The number of primary amides is 1. The number of carbonyl (C=O) groups excluding carboxylic acids is 2. The van der Waals surface area contributed by atoms with Gasteiger partial charge in [0.25, 0.3) is 5.91 Å². The lowest BCUT2D eigenvalue weighted by atomic mass is 10.1. The van der Waals surface area contributed by atoms with Crippen molar-refractivity contribution in [2.75, 3.05) is 5.32 Å². The van der Waals surface area contributed by atoms with E-state index < -0.39 is 5.91 Å². The van der Waals surface area contributed by atoms with Crippen LogP contribution in [0.5, 0.6) is 0 Å². The molecule has 0 aromatic heterocycles. The fourth-order valence-electron chi connectivity index (χ4n) is 2.45. The van der Waals surface area contributed by atoms with Crippen LogP contribution in [0.3, 0.4) is 0 Å². The smallest absolute Gasteiger partial charge is 0.266 e. The Bertz CT molecular complexity index is 865. The van der Waals surface area contributed by atoms with Gasteiger partial charge in [-0.2, -0.15) is 5.26 Å². The van der Waals surface area contributed by atoms with E-state index in [1.54, 1.807) is 29.2 Å². The van der Waals surface area contributed by atoms with Gasteiger partial charge in [0.05, 0.1) is 0 Å². The van der Waals surface area contributed by atoms with Gasteiger partial charge in [0.1, 0.15) is 11.6 Å². The van der Waals surface area contributed by atoms with Gasteiger partial charge < -0.3 is 16.0 Å². The number of rotatable bonds is 7. The summed E-state index contributed by atoms with van der Waals surface area (Å²) in [6, 6.07) is 18.0. The van der Waals surface area contributed by atoms with Crippen LogP contribution in [0.1, 0.15) is 29.8 Å². The maximum Gasteiger partial charge on any atom is 0.266 e. The van der Waals surface area contributed by atoms with E-state index in [0.717, 1.165) is 5.56 Å². The summed E-state index contributed by atoms with van der Waals surface area (Å²) in [5, 5.41) is 12.3. The molecule has 0 atom stereocenters. The van der Waals surface area contributed by atoms with Crippen molar-refractivity contribution in [3.63, 3.8) is 0 Å². The predicted octanol–water partition coefficient (Wildman–Crippen LogP) is 3.04. The molecule has 0 radical (unpaired) electrons. The molecule has 2 aromatic rings. The highest BCUT2D eigenvalue weighted by Gasteiger charge is 2.21. The van der Waals surface area contributed by atoms with Crippen LogP contribution >= 0.6 is 0 Å². The highest BCUT2D eigenvalue weighted by Crippen LogP contribution is 2.14. The fraction of sp³-hybridized carbons (Fsp3) is 0.190. The molecule has 2 aromatic carbocycles. The molecule has 27 heavy (non-hydrogen) atoms. The molecule has 0 unspecified atom stereocenters. The standard InChI is InChI=1S/C21H22N4O2/c1-15(2)25(14-16-6-4-3-5-7-16)21(27)18(12-22)13-24-19-10-8-17(9-11-19)20(23)26/h3-11,13,15,24H,14H2,1-2H3,(H2,23,26)/b18-13-. The van der Waals surface area contributed by atoms with Crippen molar-refractivity contribution in [1.82, 2.24) is 4.90 Å². The molecule has 138 valence electrons. The lowest BCUT2D eigenvalue weighted by Crippen LogP contribution is -2.37. The number of amides is 2. The third-order valence-corrected chi connectivity index (χ3v) is 3.98. The number of hydrogen-bond acceptors (Lipinski definition) is 4. The summed E-state index contributed by atoms with van der Waals surface area (Å²) in [5.41, 5.74) is 7.22. The van der Waals surface area contributed by atoms with Gasteiger partial charge in [-0.05, 0) is 43.7 Å². The van der Waals surface area contributed by atoms with E-state index in [0.29, 0.717) is 17.8 Å². The Morgan fingerprint density at radius 3 is 2.30 bits per heavy atom. The van der Waals surface area contributed by atoms with Gasteiger partial charge in [-0.15, -0.1) is 0 Å². The molecule has 0 aliphatic rings. The number of benzene rings is 2. The van der Waals surface area contributed by atoms with Crippen LogP contribution in [0.4, 0.5) is 5.69 Å². The fourth-order valence-corrected chi connectivity index (χ4v) is 2.45. The first-order valence-electron chi connectivity index (χ1n) is 8.54. The van der Waals surface area contributed by atoms with Crippen LogP contribution < -0.4 is 11.1 Å². The number of nitrogens with one attached hydrogen (secondary N) is 1. The Balaban J connectivity index is 2.15. The number of hydrogen-bond donors (Lipinski definition) is 2. The molecule has 0 bridgehead atoms. The van der Waals surface area contributed by atoms with E-state index in [2.05, 4.69) is 5.32 Å². The summed E-state index contributed by atoms with van der Waals surface area (Å²) in [6.07, 6.45) is 1.38. The van der Waals surface area contributed by atoms with Crippen molar-refractivity contribution in [2.24, 2.45) is 5.73 Å². The van der Waals surface area contributed by atoms with Crippen LogP contribution in [-0.4, -0.2) is 22.8 Å². The summed E-state index contributed by atoms with van der Waals surface area (Å²) in [4.78, 5) is 25.6. The number of nitrogens with zero attached hydrogens (tertiary/aromatic N) is 2. The van der Waals surface area contributed by atoms with Crippen molar-refractivity contribution in [2.45, 2.75) is 26.4 Å². The molecule has 2 rings (SSSR count). The molecule has 0 aliphatic heterocycles. The second-order valence-electron chi connectivity index (χ2n) is 6.27. The molecule has 3 N–H and O–H groups in total. The molecule has 0 saturated heterocycles. The molecule has 0 fully saturated rings. The first kappa shape index (κ1) is 19.7. The molecule has 0 saturated carbocycles. The van der Waals surface area contributed by atoms with Gasteiger partial charge in [0.2, 0.25) is 5.91 Å². The van der Waals surface area contributed by atoms with Crippen LogP contribution in [0.2, 0.25) is 0 Å². The van der Waals surface area contributed by atoms with Crippen LogP contribution in [0, 0.1) is 11.3 Å². The molecule has 6 nitrogen and oxygen atoms in total. The van der Waals surface area contributed by atoms with Gasteiger partial charge in [-0.1, -0.05) is 30.3 Å². The summed E-state index contributed by atoms with van der Waals surface area (Å²) in [7, 11) is 0. The SMILES string of the molecule is CC(C)N(Cc1ccccc1)C(=O)/C(C#N)=C\Nc1ccc(C(N)=O)cc1. The maximum absolute atomic E-state index is 12.8. The first-order valence-corrected chi connectivity index (χ1v) is 8.54. The van der Waals surface area contributed by atoms with Gasteiger partial charge in [0, 0.05) is 30.0 Å². The van der Waals surface area contributed by atoms with Gasteiger partial charge in [-0.25, -0.2) is 0 Å². The third kappa shape index (κ3) is 5.44. The summed E-state index contributed by atoms with van der Waals surface area (Å²) in [5.74, 6) is -0.865. The lowest BCUT2D eigenvalue weighted by molar-refractivity contribution is -0.129. The number of nitrogens with two attached hydrogens (primary N) is 1. The minimum absolute atomic E-state index is 0.00129. The highest BCUT2D eigenvalue weighted by molar-refractivity contribution is 5.97. The van der Waals surface area contributed by atoms with Crippen molar-refractivity contribution in [3.8, 4) is 6.07 Å². The third-order valence-electron chi connectivity index (χ3n) is 3.98. The Kier molecular flexibility index (Phi) is 6.73. The molecule has 2 amide bonds. The second kappa shape index (κ2) is 9.20. The Morgan fingerprint density at radius 1 is 1.15 bits per heavy atom. The normalized spacial score (nSPS) is 11.0. The van der Waals surface area contributed by atoms with E-state index in [9.17, 15) is 14.9 Å².